The van der Waals surface area contributed by atoms with Gasteiger partial charge in [0.05, 0.1) is 23.4 Å². The van der Waals surface area contributed by atoms with Crippen LogP contribution in [0.5, 0.6) is 0 Å². The molecule has 0 aliphatic heterocycles. The fourth-order valence-electron chi connectivity index (χ4n) is 4.41. The van der Waals surface area contributed by atoms with Crippen LogP contribution in [0.2, 0.25) is 0 Å². The van der Waals surface area contributed by atoms with Gasteiger partial charge < -0.3 is 5.73 Å². The molecule has 2 heterocycles. The number of hydrogen-bond acceptors (Lipinski definition) is 5. The first-order chi connectivity index (χ1) is 19.2. The number of pyridine rings is 1. The van der Waals surface area contributed by atoms with Crippen molar-refractivity contribution in [2.24, 2.45) is 0 Å². The quantitative estimate of drug-likeness (QED) is 0.116. The lowest BCUT2D eigenvalue weighted by molar-refractivity contribution is -0.137. The van der Waals surface area contributed by atoms with Gasteiger partial charge in [-0.2, -0.15) is 13.2 Å². The maximum Gasteiger partial charge on any atom is 0.416 e. The second-order valence-electron chi connectivity index (χ2n) is 8.91. The number of benzene rings is 3. The molecule has 0 amide bonds. The van der Waals surface area contributed by atoms with Crippen molar-refractivity contribution in [3.05, 3.63) is 116 Å². The summed E-state index contributed by atoms with van der Waals surface area (Å²) in [6.45, 7) is -1.20. The van der Waals surface area contributed by atoms with Crippen LogP contribution >= 0.6 is 22.6 Å². The summed E-state index contributed by atoms with van der Waals surface area (Å²) in [5.41, 5.74) is 7.64. The molecular formula is C29H20F4IN5O. The summed E-state index contributed by atoms with van der Waals surface area (Å²) >= 11 is 2.07. The van der Waals surface area contributed by atoms with E-state index in [1.807, 2.05) is 12.1 Å². The SMILES string of the molecule is Nc1ccnc(-c2nnn(Cc3cc(CF)cc(C(F)(F)F)c3)c2-c2ccccc2)c1C(=O)c1ccccc1I. The van der Waals surface area contributed by atoms with Gasteiger partial charge in [0, 0.05) is 26.6 Å². The fraction of sp³-hybridized carbons (Fsp3) is 0.103. The van der Waals surface area contributed by atoms with Crippen molar-refractivity contribution in [1.29, 1.82) is 0 Å². The van der Waals surface area contributed by atoms with E-state index in [-0.39, 0.29) is 46.1 Å². The summed E-state index contributed by atoms with van der Waals surface area (Å²) in [7, 11) is 0. The summed E-state index contributed by atoms with van der Waals surface area (Å²) in [4.78, 5) is 18.2. The number of halogens is 5. The first kappa shape index (κ1) is 27.4. The zero-order valence-corrected chi connectivity index (χ0v) is 22.8. The number of hydrogen-bond donors (Lipinski definition) is 1. The largest absolute Gasteiger partial charge is 0.416 e. The summed E-state index contributed by atoms with van der Waals surface area (Å²) < 4.78 is 56.1. The molecule has 2 N–H and O–H groups in total. The molecule has 40 heavy (non-hydrogen) atoms. The average molecular weight is 657 g/mol. The molecule has 0 saturated carbocycles. The predicted octanol–water partition coefficient (Wildman–Crippen LogP) is 6.96. The third-order valence-electron chi connectivity index (χ3n) is 6.20. The number of nitrogens with zero attached hydrogens (tertiary/aromatic N) is 4. The minimum absolute atomic E-state index is 0.103. The van der Waals surface area contributed by atoms with Crippen molar-refractivity contribution in [2.75, 3.05) is 5.73 Å². The Kier molecular flexibility index (Phi) is 7.66. The van der Waals surface area contributed by atoms with Gasteiger partial charge in [-0.1, -0.05) is 53.7 Å². The first-order valence-electron chi connectivity index (χ1n) is 12.0. The van der Waals surface area contributed by atoms with E-state index in [1.165, 1.54) is 23.0 Å². The number of alkyl halides is 4. The Labute approximate surface area is 240 Å². The highest BCUT2D eigenvalue weighted by molar-refractivity contribution is 14.1. The zero-order chi connectivity index (χ0) is 28.4. The minimum Gasteiger partial charge on any atom is -0.398 e. The van der Waals surface area contributed by atoms with Gasteiger partial charge in [-0.3, -0.25) is 9.78 Å². The molecule has 0 radical (unpaired) electrons. The second kappa shape index (κ2) is 11.2. The lowest BCUT2D eigenvalue weighted by atomic mass is 9.97. The Morgan fingerprint density at radius 3 is 2.33 bits per heavy atom. The van der Waals surface area contributed by atoms with Gasteiger partial charge in [-0.15, -0.1) is 5.10 Å². The molecule has 11 heteroatoms. The topological polar surface area (TPSA) is 86.7 Å². The molecule has 0 saturated heterocycles. The fourth-order valence-corrected chi connectivity index (χ4v) is 5.04. The Morgan fingerprint density at radius 1 is 0.925 bits per heavy atom. The number of rotatable bonds is 7. The van der Waals surface area contributed by atoms with Crippen molar-refractivity contribution < 1.29 is 22.4 Å². The minimum atomic E-state index is -4.65. The van der Waals surface area contributed by atoms with Gasteiger partial charge in [0.2, 0.25) is 0 Å². The van der Waals surface area contributed by atoms with Crippen molar-refractivity contribution in [1.82, 2.24) is 20.0 Å². The monoisotopic (exact) mass is 657 g/mol. The molecule has 3 aromatic carbocycles. The molecule has 0 atom stereocenters. The van der Waals surface area contributed by atoms with Gasteiger partial charge >= 0.3 is 6.18 Å². The molecule has 0 unspecified atom stereocenters. The Morgan fingerprint density at radius 2 is 1.62 bits per heavy atom. The summed E-state index contributed by atoms with van der Waals surface area (Å²) in [6, 6.07) is 20.6. The number of nitrogen functional groups attached to an aromatic ring is 1. The molecule has 2 aromatic heterocycles. The molecule has 5 rings (SSSR count). The maximum absolute atomic E-state index is 13.7. The van der Waals surface area contributed by atoms with E-state index in [0.29, 0.717) is 16.8 Å². The van der Waals surface area contributed by atoms with Crippen molar-refractivity contribution in [2.45, 2.75) is 19.4 Å². The number of ketones is 1. The van der Waals surface area contributed by atoms with Crippen LogP contribution in [0.1, 0.15) is 32.6 Å². The molecule has 0 bridgehead atoms. The van der Waals surface area contributed by atoms with Crippen molar-refractivity contribution in [3.63, 3.8) is 0 Å². The van der Waals surface area contributed by atoms with E-state index in [4.69, 9.17) is 5.73 Å². The summed E-state index contributed by atoms with van der Waals surface area (Å²) in [5, 5.41) is 8.55. The Balaban J connectivity index is 1.69. The van der Waals surface area contributed by atoms with Gasteiger partial charge in [-0.25, -0.2) is 9.07 Å². The van der Waals surface area contributed by atoms with Crippen LogP contribution in [0.15, 0.2) is 85.1 Å². The van der Waals surface area contributed by atoms with E-state index in [2.05, 4.69) is 37.9 Å². The molecule has 0 aliphatic rings. The molecule has 0 spiro atoms. The van der Waals surface area contributed by atoms with Crippen LogP contribution in [0.25, 0.3) is 22.6 Å². The highest BCUT2D eigenvalue weighted by Gasteiger charge is 2.32. The highest BCUT2D eigenvalue weighted by Crippen LogP contribution is 2.36. The number of anilines is 1. The normalized spacial score (nSPS) is 11.5. The number of carbonyl (C=O) groups is 1. The summed E-state index contributed by atoms with van der Waals surface area (Å²) in [5.74, 6) is -0.357. The lowest BCUT2D eigenvalue weighted by Crippen LogP contribution is -2.11. The van der Waals surface area contributed by atoms with Crippen molar-refractivity contribution in [3.8, 4) is 22.6 Å². The van der Waals surface area contributed by atoms with E-state index < -0.39 is 18.4 Å². The van der Waals surface area contributed by atoms with Crippen LogP contribution in [-0.4, -0.2) is 25.8 Å². The van der Waals surface area contributed by atoms with Gasteiger partial charge in [0.25, 0.3) is 0 Å². The van der Waals surface area contributed by atoms with Crippen LogP contribution in [0.4, 0.5) is 23.2 Å². The zero-order valence-electron chi connectivity index (χ0n) is 20.7. The molecule has 6 nitrogen and oxygen atoms in total. The highest BCUT2D eigenvalue weighted by atomic mass is 127. The molecule has 0 fully saturated rings. The molecule has 202 valence electrons. The lowest BCUT2D eigenvalue weighted by Gasteiger charge is -2.14. The summed E-state index contributed by atoms with van der Waals surface area (Å²) in [6.07, 6.45) is -3.20. The maximum atomic E-state index is 13.7. The molecule has 5 aromatic rings. The third kappa shape index (κ3) is 5.46. The molecule has 0 aliphatic carbocycles. The average Bonchev–Trinajstić information content (AvgIpc) is 3.35. The standard InChI is InChI=1S/C29H20F4IN5O/c30-15-17-12-18(14-20(13-17)29(31,32)33)16-39-27(19-6-2-1-3-7-19)26(37-38-39)25-24(23(35)10-11-36-25)28(40)21-8-4-5-9-22(21)34/h1-14H,15-16H2,(H2,35,36). The number of nitrogens with two attached hydrogens (primary N) is 1. The van der Waals surface area contributed by atoms with Crippen LogP contribution in [0, 0.1) is 3.57 Å². The molecular weight excluding hydrogens is 637 g/mol. The first-order valence-corrected chi connectivity index (χ1v) is 13.0. The smallest absolute Gasteiger partial charge is 0.398 e. The van der Waals surface area contributed by atoms with E-state index in [9.17, 15) is 22.4 Å². The number of aromatic nitrogens is 4. The Bertz CT molecular complexity index is 1700. The van der Waals surface area contributed by atoms with E-state index >= 15 is 0 Å². The van der Waals surface area contributed by atoms with E-state index in [1.54, 1.807) is 42.5 Å². The van der Waals surface area contributed by atoms with Crippen molar-refractivity contribution >= 4 is 34.1 Å². The van der Waals surface area contributed by atoms with Crippen LogP contribution < -0.4 is 5.73 Å². The third-order valence-corrected chi connectivity index (χ3v) is 7.14. The van der Waals surface area contributed by atoms with Gasteiger partial charge in [0.15, 0.2) is 5.78 Å². The Hall–Kier alpha value is -4.13. The van der Waals surface area contributed by atoms with Crippen LogP contribution in [-0.2, 0) is 19.4 Å². The van der Waals surface area contributed by atoms with E-state index in [0.717, 1.165) is 15.7 Å². The number of carbonyl (C=O) groups excluding carboxylic acids is 1. The van der Waals surface area contributed by atoms with Crippen LogP contribution in [0.3, 0.4) is 0 Å². The second-order valence-corrected chi connectivity index (χ2v) is 10.1. The van der Waals surface area contributed by atoms with Gasteiger partial charge in [-0.05, 0) is 64.0 Å². The van der Waals surface area contributed by atoms with Gasteiger partial charge in [0.1, 0.15) is 18.1 Å². The predicted molar refractivity (Wildman–Crippen MR) is 151 cm³/mol.